The van der Waals surface area contributed by atoms with E-state index >= 15 is 0 Å². The zero-order chi connectivity index (χ0) is 23.2. The van der Waals surface area contributed by atoms with Crippen LogP contribution in [-0.4, -0.2) is 27.7 Å². The quantitative estimate of drug-likeness (QED) is 0.513. The summed E-state index contributed by atoms with van der Waals surface area (Å²) in [4.78, 5) is 12.0. The van der Waals surface area contributed by atoms with Crippen molar-refractivity contribution in [1.29, 1.82) is 0 Å². The Labute approximate surface area is 190 Å². The second kappa shape index (κ2) is 8.78. The lowest BCUT2D eigenvalue weighted by Crippen LogP contribution is -2.51. The molecule has 0 aromatic heterocycles. The van der Waals surface area contributed by atoms with Crippen molar-refractivity contribution in [3.8, 4) is 0 Å². The Bertz CT molecular complexity index is 729. The Morgan fingerprint density at radius 2 is 1.87 bits per heavy atom. The van der Waals surface area contributed by atoms with Gasteiger partial charge in [0.15, 0.2) is 5.78 Å². The van der Waals surface area contributed by atoms with Crippen molar-refractivity contribution in [3.63, 3.8) is 0 Å². The van der Waals surface area contributed by atoms with Crippen molar-refractivity contribution in [2.24, 2.45) is 40.4 Å². The van der Waals surface area contributed by atoms with Crippen LogP contribution in [0.4, 0.5) is 0 Å². The average Bonchev–Trinajstić information content (AvgIpc) is 2.70. The van der Waals surface area contributed by atoms with E-state index in [1.807, 2.05) is 6.08 Å². The molecule has 0 aromatic carbocycles. The van der Waals surface area contributed by atoms with E-state index in [9.17, 15) is 15.0 Å². The van der Waals surface area contributed by atoms with Crippen molar-refractivity contribution >= 4 is 5.78 Å². The van der Waals surface area contributed by atoms with Gasteiger partial charge in [-0.2, -0.15) is 0 Å². The number of allylic oxidation sites excluding steroid dienone is 4. The standard InChI is InChI=1S/C28H46O3/c1-8-23-22-11-10-20-17-21(29)13-15-28(20,7)24(22)14-16-27(23,6)19(3)18(2)9-12-25(30)26(4,5)31/h10-11,17-19,22-25,30-31H,8-9,12-16H2,1-7H3/t18-,19?,22?,23+,24+,25?,27?,28?/m1/s1. The fourth-order valence-electron chi connectivity index (χ4n) is 7.34. The summed E-state index contributed by atoms with van der Waals surface area (Å²) in [5.41, 5.74) is 0.645. The molecule has 176 valence electrons. The van der Waals surface area contributed by atoms with Gasteiger partial charge in [-0.05, 0) is 98.0 Å². The first-order valence-electron chi connectivity index (χ1n) is 12.7. The van der Waals surface area contributed by atoms with Crippen molar-refractivity contribution in [2.75, 3.05) is 0 Å². The predicted octanol–water partition coefficient (Wildman–Crippen LogP) is 6.09. The molecule has 3 heteroatoms. The number of aliphatic hydroxyl groups excluding tert-OH is 1. The number of ketones is 1. The molecule has 31 heavy (non-hydrogen) atoms. The first-order chi connectivity index (χ1) is 14.3. The highest BCUT2D eigenvalue weighted by atomic mass is 16.3. The normalized spacial score (nSPS) is 38.7. The molecule has 0 aliphatic heterocycles. The van der Waals surface area contributed by atoms with Crippen LogP contribution in [0, 0.1) is 40.4 Å². The summed E-state index contributed by atoms with van der Waals surface area (Å²) < 4.78 is 0. The SMILES string of the molecule is CC[C@H]1C2C=CC3=CC(=O)CCC3(C)[C@H]2CCC1(C)C(C)[C@H](C)CCC(O)C(C)(C)O. The van der Waals surface area contributed by atoms with E-state index in [4.69, 9.17) is 0 Å². The van der Waals surface area contributed by atoms with Gasteiger partial charge in [0.05, 0.1) is 11.7 Å². The largest absolute Gasteiger partial charge is 0.390 e. The van der Waals surface area contributed by atoms with Crippen LogP contribution >= 0.6 is 0 Å². The third-order valence-corrected chi connectivity index (χ3v) is 10.00. The Kier molecular flexibility index (Phi) is 7.00. The van der Waals surface area contributed by atoms with Gasteiger partial charge in [-0.3, -0.25) is 4.79 Å². The van der Waals surface area contributed by atoms with Gasteiger partial charge in [-0.15, -0.1) is 0 Å². The van der Waals surface area contributed by atoms with E-state index in [1.165, 1.54) is 24.8 Å². The predicted molar refractivity (Wildman–Crippen MR) is 128 cm³/mol. The molecule has 0 aromatic rings. The Balaban J connectivity index is 1.80. The van der Waals surface area contributed by atoms with Gasteiger partial charge in [0.2, 0.25) is 0 Å². The number of fused-ring (bicyclic) bond motifs is 3. The molecule has 3 rings (SSSR count). The number of aliphatic hydroxyl groups is 2. The molecule has 1 fully saturated rings. The minimum absolute atomic E-state index is 0.147. The minimum atomic E-state index is -1.04. The Morgan fingerprint density at radius 1 is 1.19 bits per heavy atom. The lowest BCUT2D eigenvalue weighted by atomic mass is 9.46. The first-order valence-corrected chi connectivity index (χ1v) is 12.7. The van der Waals surface area contributed by atoms with Crippen LogP contribution in [0.3, 0.4) is 0 Å². The average molecular weight is 431 g/mol. The Hall–Kier alpha value is -0.930. The van der Waals surface area contributed by atoms with Crippen molar-refractivity contribution < 1.29 is 15.0 Å². The van der Waals surface area contributed by atoms with E-state index in [0.717, 1.165) is 12.8 Å². The highest BCUT2D eigenvalue weighted by Gasteiger charge is 2.54. The molecule has 0 bridgehead atoms. The number of hydrogen-bond acceptors (Lipinski definition) is 3. The summed E-state index contributed by atoms with van der Waals surface area (Å²) in [6, 6.07) is 0. The van der Waals surface area contributed by atoms with Crippen LogP contribution in [0.5, 0.6) is 0 Å². The molecular weight excluding hydrogens is 384 g/mol. The third kappa shape index (κ3) is 4.47. The Morgan fingerprint density at radius 3 is 2.48 bits per heavy atom. The summed E-state index contributed by atoms with van der Waals surface area (Å²) in [5, 5.41) is 20.4. The zero-order valence-electron chi connectivity index (χ0n) is 20.9. The maximum absolute atomic E-state index is 12.0. The van der Waals surface area contributed by atoms with Crippen molar-refractivity contribution in [1.82, 2.24) is 0 Å². The second-order valence-corrected chi connectivity index (χ2v) is 12.1. The molecule has 0 amide bonds. The van der Waals surface area contributed by atoms with Crippen molar-refractivity contribution in [2.45, 2.75) is 105 Å². The van der Waals surface area contributed by atoms with E-state index in [2.05, 4.69) is 46.8 Å². The van der Waals surface area contributed by atoms with Gasteiger partial charge < -0.3 is 10.2 Å². The molecular formula is C28H46O3. The van der Waals surface area contributed by atoms with Crippen LogP contribution in [0.15, 0.2) is 23.8 Å². The zero-order valence-corrected chi connectivity index (χ0v) is 20.9. The molecule has 3 aliphatic carbocycles. The van der Waals surface area contributed by atoms with Gasteiger partial charge in [-0.25, -0.2) is 0 Å². The van der Waals surface area contributed by atoms with Crippen LogP contribution < -0.4 is 0 Å². The molecule has 0 heterocycles. The number of hydrogen-bond donors (Lipinski definition) is 2. The monoisotopic (exact) mass is 430 g/mol. The summed E-state index contributed by atoms with van der Waals surface area (Å²) in [5.74, 6) is 3.19. The highest BCUT2D eigenvalue weighted by Crippen LogP contribution is 2.62. The maximum Gasteiger partial charge on any atom is 0.156 e. The van der Waals surface area contributed by atoms with Crippen LogP contribution in [-0.2, 0) is 4.79 Å². The summed E-state index contributed by atoms with van der Waals surface area (Å²) >= 11 is 0. The second-order valence-electron chi connectivity index (χ2n) is 12.1. The molecule has 2 N–H and O–H groups in total. The third-order valence-electron chi connectivity index (χ3n) is 10.00. The van der Waals surface area contributed by atoms with Crippen LogP contribution in [0.2, 0.25) is 0 Å². The highest BCUT2D eigenvalue weighted by molar-refractivity contribution is 5.92. The summed E-state index contributed by atoms with van der Waals surface area (Å²) in [6.45, 7) is 15.4. The van der Waals surface area contributed by atoms with Gasteiger partial charge in [0, 0.05) is 6.42 Å². The van der Waals surface area contributed by atoms with Crippen molar-refractivity contribution in [3.05, 3.63) is 23.8 Å². The molecule has 1 saturated carbocycles. The minimum Gasteiger partial charge on any atom is -0.390 e. The number of rotatable bonds is 7. The first kappa shape index (κ1) is 24.7. The van der Waals surface area contributed by atoms with E-state index in [1.54, 1.807) is 13.8 Å². The van der Waals surface area contributed by atoms with E-state index < -0.39 is 11.7 Å². The van der Waals surface area contributed by atoms with Gasteiger partial charge in [0.1, 0.15) is 0 Å². The van der Waals surface area contributed by atoms with E-state index in [0.29, 0.717) is 48.2 Å². The lowest BCUT2D eigenvalue weighted by Gasteiger charge is -2.59. The molecule has 5 unspecified atom stereocenters. The number of carbonyl (C=O) groups is 1. The topological polar surface area (TPSA) is 57.5 Å². The molecule has 0 saturated heterocycles. The molecule has 0 radical (unpaired) electrons. The molecule has 8 atom stereocenters. The summed E-state index contributed by atoms with van der Waals surface area (Å²) in [7, 11) is 0. The van der Waals surface area contributed by atoms with Gasteiger partial charge >= 0.3 is 0 Å². The molecule has 3 aliphatic rings. The summed E-state index contributed by atoms with van der Waals surface area (Å²) in [6.07, 6.45) is 12.9. The van der Waals surface area contributed by atoms with E-state index in [-0.39, 0.29) is 10.8 Å². The fourth-order valence-corrected chi connectivity index (χ4v) is 7.34. The smallest absolute Gasteiger partial charge is 0.156 e. The van der Waals surface area contributed by atoms with Crippen LogP contribution in [0.25, 0.3) is 0 Å². The van der Waals surface area contributed by atoms with Crippen LogP contribution in [0.1, 0.15) is 93.4 Å². The molecule has 3 nitrogen and oxygen atoms in total. The lowest BCUT2D eigenvalue weighted by molar-refractivity contribution is -0.117. The maximum atomic E-state index is 12.0. The fraction of sp³-hybridized carbons (Fsp3) is 0.821. The molecule has 0 spiro atoms. The number of carbonyl (C=O) groups excluding carboxylic acids is 1. The van der Waals surface area contributed by atoms with Gasteiger partial charge in [0.25, 0.3) is 0 Å². The van der Waals surface area contributed by atoms with Gasteiger partial charge in [-0.1, -0.05) is 53.2 Å².